The van der Waals surface area contributed by atoms with Gasteiger partial charge in [0.1, 0.15) is 17.1 Å². The number of benzene rings is 2. The lowest BCUT2D eigenvalue weighted by Gasteiger charge is -2.11. The molecule has 4 rings (SSSR count). The van der Waals surface area contributed by atoms with E-state index in [2.05, 4.69) is 20.5 Å². The molecule has 138 valence electrons. The van der Waals surface area contributed by atoms with Crippen LogP contribution in [0.15, 0.2) is 79.0 Å². The molecule has 0 saturated heterocycles. The van der Waals surface area contributed by atoms with Crippen molar-refractivity contribution in [3.63, 3.8) is 0 Å². The molecule has 2 aromatic carbocycles. The van der Waals surface area contributed by atoms with Crippen molar-refractivity contribution >= 4 is 5.82 Å². The first kappa shape index (κ1) is 17.6. The van der Waals surface area contributed by atoms with Gasteiger partial charge in [0.15, 0.2) is 5.82 Å². The fraction of sp³-hybridized carbons (Fsp3) is 0.0909. The largest absolute Gasteiger partial charge is 0.497 e. The van der Waals surface area contributed by atoms with Gasteiger partial charge in [-0.3, -0.25) is 4.98 Å². The van der Waals surface area contributed by atoms with E-state index in [1.807, 2.05) is 72.8 Å². The van der Waals surface area contributed by atoms with Crippen molar-refractivity contribution < 1.29 is 4.74 Å². The van der Waals surface area contributed by atoms with Crippen LogP contribution in [0.25, 0.3) is 22.8 Å². The molecule has 6 nitrogen and oxygen atoms in total. The van der Waals surface area contributed by atoms with Gasteiger partial charge in [0.25, 0.3) is 0 Å². The first-order valence-electron chi connectivity index (χ1n) is 8.92. The number of rotatable bonds is 6. The fourth-order valence-corrected chi connectivity index (χ4v) is 2.77. The molecule has 2 aromatic heterocycles. The quantitative estimate of drug-likeness (QED) is 0.549. The number of ether oxygens (including phenoxy) is 1. The van der Waals surface area contributed by atoms with Gasteiger partial charge < -0.3 is 10.1 Å². The SMILES string of the molecule is COc1ccc(CNc2nc(-c3ccccn3)nnc2-c2ccccc2)cc1. The Morgan fingerprint density at radius 2 is 1.64 bits per heavy atom. The maximum absolute atomic E-state index is 5.22. The summed E-state index contributed by atoms with van der Waals surface area (Å²) in [5.74, 6) is 1.98. The molecule has 4 aromatic rings. The van der Waals surface area contributed by atoms with E-state index in [1.54, 1.807) is 13.3 Å². The molecular formula is C22H19N5O. The molecule has 0 fully saturated rings. The van der Waals surface area contributed by atoms with Crippen molar-refractivity contribution in [3.8, 4) is 28.5 Å². The molecule has 0 saturated carbocycles. The average molecular weight is 369 g/mol. The summed E-state index contributed by atoms with van der Waals surface area (Å²) in [4.78, 5) is 9.02. The molecule has 0 aliphatic rings. The third kappa shape index (κ3) is 3.96. The van der Waals surface area contributed by atoms with Gasteiger partial charge in [-0.05, 0) is 29.8 Å². The number of nitrogens with zero attached hydrogens (tertiary/aromatic N) is 4. The van der Waals surface area contributed by atoms with Crippen LogP contribution in [-0.2, 0) is 6.54 Å². The van der Waals surface area contributed by atoms with Crippen LogP contribution in [0.5, 0.6) is 5.75 Å². The zero-order valence-corrected chi connectivity index (χ0v) is 15.4. The highest BCUT2D eigenvalue weighted by Crippen LogP contribution is 2.25. The fourth-order valence-electron chi connectivity index (χ4n) is 2.77. The summed E-state index contributed by atoms with van der Waals surface area (Å²) in [6, 6.07) is 23.4. The molecule has 28 heavy (non-hydrogen) atoms. The van der Waals surface area contributed by atoms with Crippen LogP contribution < -0.4 is 10.1 Å². The van der Waals surface area contributed by atoms with Gasteiger partial charge in [0.2, 0.25) is 5.82 Å². The molecule has 0 aliphatic heterocycles. The predicted octanol–water partition coefficient (Wildman–Crippen LogP) is 4.22. The third-order valence-electron chi connectivity index (χ3n) is 4.25. The van der Waals surface area contributed by atoms with E-state index in [0.717, 1.165) is 16.9 Å². The van der Waals surface area contributed by atoms with Crippen molar-refractivity contribution in [2.24, 2.45) is 0 Å². The van der Waals surface area contributed by atoms with Gasteiger partial charge in [-0.15, -0.1) is 10.2 Å². The molecule has 0 unspecified atom stereocenters. The van der Waals surface area contributed by atoms with Crippen molar-refractivity contribution in [1.82, 2.24) is 20.2 Å². The number of aromatic nitrogens is 4. The summed E-state index contributed by atoms with van der Waals surface area (Å²) in [6.45, 7) is 0.601. The van der Waals surface area contributed by atoms with Crippen LogP contribution in [0.4, 0.5) is 5.82 Å². The molecule has 6 heteroatoms. The van der Waals surface area contributed by atoms with Crippen LogP contribution in [0.1, 0.15) is 5.56 Å². The topological polar surface area (TPSA) is 72.8 Å². The normalized spacial score (nSPS) is 10.5. The van der Waals surface area contributed by atoms with Crippen molar-refractivity contribution in [3.05, 3.63) is 84.6 Å². The highest BCUT2D eigenvalue weighted by molar-refractivity contribution is 5.72. The summed E-state index contributed by atoms with van der Waals surface area (Å²) in [5, 5.41) is 12.1. The van der Waals surface area contributed by atoms with Crippen LogP contribution in [0.3, 0.4) is 0 Å². The standard InChI is InChI=1S/C22H19N5O/c1-28-18-12-10-16(11-13-18)15-24-22-20(17-7-3-2-4-8-17)26-27-21(25-22)19-9-5-6-14-23-19/h2-14H,15H2,1H3,(H,24,25,27). The van der Waals surface area contributed by atoms with E-state index in [9.17, 15) is 0 Å². The summed E-state index contributed by atoms with van der Waals surface area (Å²) in [6.07, 6.45) is 1.72. The van der Waals surface area contributed by atoms with Crippen molar-refractivity contribution in [2.45, 2.75) is 6.54 Å². The zero-order valence-electron chi connectivity index (χ0n) is 15.4. The minimum absolute atomic E-state index is 0.484. The second kappa shape index (κ2) is 8.26. The molecular weight excluding hydrogens is 350 g/mol. The lowest BCUT2D eigenvalue weighted by Crippen LogP contribution is -2.07. The second-order valence-corrected chi connectivity index (χ2v) is 6.12. The maximum atomic E-state index is 5.22. The summed E-state index contributed by atoms with van der Waals surface area (Å²) in [5.41, 5.74) is 3.45. The van der Waals surface area contributed by atoms with E-state index < -0.39 is 0 Å². The van der Waals surface area contributed by atoms with E-state index in [0.29, 0.717) is 29.6 Å². The number of nitrogens with one attached hydrogen (secondary N) is 1. The van der Waals surface area contributed by atoms with Crippen LogP contribution in [0.2, 0.25) is 0 Å². The van der Waals surface area contributed by atoms with Gasteiger partial charge >= 0.3 is 0 Å². The Labute approximate surface area is 163 Å². The monoisotopic (exact) mass is 369 g/mol. The molecule has 0 bridgehead atoms. The van der Waals surface area contributed by atoms with Gasteiger partial charge in [-0.2, -0.15) is 0 Å². The van der Waals surface area contributed by atoms with Crippen molar-refractivity contribution in [2.75, 3.05) is 12.4 Å². The minimum Gasteiger partial charge on any atom is -0.497 e. The predicted molar refractivity (Wildman–Crippen MR) is 109 cm³/mol. The van der Waals surface area contributed by atoms with Crippen LogP contribution >= 0.6 is 0 Å². The van der Waals surface area contributed by atoms with Crippen LogP contribution in [0, 0.1) is 0 Å². The molecule has 0 radical (unpaired) electrons. The lowest BCUT2D eigenvalue weighted by atomic mass is 10.1. The summed E-state index contributed by atoms with van der Waals surface area (Å²) in [7, 11) is 1.66. The number of methoxy groups -OCH3 is 1. The Kier molecular flexibility index (Phi) is 5.20. The van der Waals surface area contributed by atoms with E-state index in [4.69, 9.17) is 9.72 Å². The Hall–Kier alpha value is -3.80. The minimum atomic E-state index is 0.484. The first-order chi connectivity index (χ1) is 13.8. The number of hydrogen-bond donors (Lipinski definition) is 1. The Morgan fingerprint density at radius 1 is 0.857 bits per heavy atom. The smallest absolute Gasteiger partial charge is 0.202 e. The maximum Gasteiger partial charge on any atom is 0.202 e. The molecule has 2 heterocycles. The summed E-state index contributed by atoms with van der Waals surface area (Å²) >= 11 is 0. The van der Waals surface area contributed by atoms with Gasteiger partial charge in [-0.1, -0.05) is 48.5 Å². The van der Waals surface area contributed by atoms with Gasteiger partial charge in [-0.25, -0.2) is 4.98 Å². The van der Waals surface area contributed by atoms with E-state index >= 15 is 0 Å². The highest BCUT2D eigenvalue weighted by atomic mass is 16.5. The molecule has 0 atom stereocenters. The Morgan fingerprint density at radius 3 is 2.36 bits per heavy atom. The van der Waals surface area contributed by atoms with Gasteiger partial charge in [0.05, 0.1) is 7.11 Å². The molecule has 1 N–H and O–H groups in total. The van der Waals surface area contributed by atoms with Crippen molar-refractivity contribution in [1.29, 1.82) is 0 Å². The molecule has 0 spiro atoms. The Bertz CT molecular complexity index is 1040. The second-order valence-electron chi connectivity index (χ2n) is 6.12. The molecule has 0 aliphatic carbocycles. The first-order valence-corrected chi connectivity index (χ1v) is 8.92. The van der Waals surface area contributed by atoms with E-state index in [-0.39, 0.29) is 0 Å². The zero-order chi connectivity index (χ0) is 19.2. The number of anilines is 1. The van der Waals surface area contributed by atoms with E-state index in [1.165, 1.54) is 0 Å². The number of hydrogen-bond acceptors (Lipinski definition) is 6. The van der Waals surface area contributed by atoms with Gasteiger partial charge in [0, 0.05) is 18.3 Å². The number of pyridine rings is 1. The summed E-state index contributed by atoms with van der Waals surface area (Å²) < 4.78 is 5.22. The highest BCUT2D eigenvalue weighted by Gasteiger charge is 2.13. The van der Waals surface area contributed by atoms with Crippen LogP contribution in [-0.4, -0.2) is 27.3 Å². The Balaban J connectivity index is 1.67. The molecule has 0 amide bonds. The third-order valence-corrected chi connectivity index (χ3v) is 4.25. The lowest BCUT2D eigenvalue weighted by molar-refractivity contribution is 0.414. The average Bonchev–Trinajstić information content (AvgIpc) is 2.79.